The van der Waals surface area contributed by atoms with Crippen LogP contribution in [0.2, 0.25) is 0 Å². The summed E-state index contributed by atoms with van der Waals surface area (Å²) in [6, 6.07) is 0.901. The number of sulfonamides is 1. The topological polar surface area (TPSA) is 90.0 Å². The van der Waals surface area contributed by atoms with Crippen molar-refractivity contribution in [2.24, 2.45) is 5.92 Å². The fraction of sp³-hybridized carbons (Fsp3) is 0.625. The first-order chi connectivity index (χ1) is 12.0. The predicted molar refractivity (Wildman–Crippen MR) is 91.1 cm³/mol. The summed E-state index contributed by atoms with van der Waals surface area (Å²) in [6.07, 6.45) is 2.92. The number of carbonyl (C=O) groups is 2. The standard InChI is InChI=1S/C16H21NO6S2/c1-22-16(19)15-14(6-9-24-15)25(20,21)17-7-8-23-10-12(17)11-4-2-3-5-13(11)18/h6,9,11-12H,2-5,7-8,10H2,1H3/t11-,12+/m0/s1. The van der Waals surface area contributed by atoms with Gasteiger partial charge in [-0.1, -0.05) is 6.42 Å². The highest BCUT2D eigenvalue weighted by Crippen LogP contribution is 2.33. The molecule has 1 aliphatic heterocycles. The van der Waals surface area contributed by atoms with Crippen LogP contribution < -0.4 is 0 Å². The Labute approximate surface area is 151 Å². The lowest BCUT2D eigenvalue weighted by Gasteiger charge is -2.39. The zero-order valence-electron chi connectivity index (χ0n) is 14.0. The van der Waals surface area contributed by atoms with Gasteiger partial charge in [-0.15, -0.1) is 11.3 Å². The minimum atomic E-state index is -3.92. The quantitative estimate of drug-likeness (QED) is 0.730. The number of thiophene rings is 1. The van der Waals surface area contributed by atoms with Gasteiger partial charge in [0, 0.05) is 18.9 Å². The molecule has 1 aromatic rings. The molecule has 2 aliphatic rings. The number of rotatable bonds is 4. The lowest BCUT2D eigenvalue weighted by molar-refractivity contribution is -0.128. The van der Waals surface area contributed by atoms with Crippen molar-refractivity contribution in [1.82, 2.24) is 4.31 Å². The molecule has 1 aromatic heterocycles. The number of nitrogens with zero attached hydrogens (tertiary/aromatic N) is 1. The van der Waals surface area contributed by atoms with Crippen molar-refractivity contribution >= 4 is 33.1 Å². The molecule has 25 heavy (non-hydrogen) atoms. The van der Waals surface area contributed by atoms with Crippen molar-refractivity contribution < 1.29 is 27.5 Å². The third kappa shape index (κ3) is 3.51. The molecular formula is C16H21NO6S2. The molecule has 1 aliphatic carbocycles. The van der Waals surface area contributed by atoms with Crippen molar-refractivity contribution in [3.05, 3.63) is 16.3 Å². The van der Waals surface area contributed by atoms with Crippen molar-refractivity contribution in [1.29, 1.82) is 0 Å². The molecule has 3 rings (SSSR count). The van der Waals surface area contributed by atoms with Crippen LogP contribution in [-0.2, 0) is 24.3 Å². The van der Waals surface area contributed by atoms with E-state index >= 15 is 0 Å². The van der Waals surface area contributed by atoms with Crippen LogP contribution in [0, 0.1) is 5.92 Å². The third-order valence-electron chi connectivity index (χ3n) is 4.77. The SMILES string of the molecule is COC(=O)c1sccc1S(=O)(=O)N1CCOC[C@@H]1[C@@H]1CCCCC1=O. The van der Waals surface area contributed by atoms with E-state index in [1.165, 1.54) is 17.5 Å². The Morgan fingerprint density at radius 2 is 2.20 bits per heavy atom. The zero-order chi connectivity index (χ0) is 18.0. The highest BCUT2D eigenvalue weighted by Gasteiger charge is 2.43. The summed E-state index contributed by atoms with van der Waals surface area (Å²) in [5, 5.41) is 1.56. The smallest absolute Gasteiger partial charge is 0.349 e. The van der Waals surface area contributed by atoms with E-state index in [1.54, 1.807) is 5.38 Å². The van der Waals surface area contributed by atoms with E-state index in [0.29, 0.717) is 12.8 Å². The fourth-order valence-corrected chi connectivity index (χ4v) is 6.45. The van der Waals surface area contributed by atoms with Gasteiger partial charge in [-0.2, -0.15) is 4.31 Å². The molecule has 138 valence electrons. The van der Waals surface area contributed by atoms with E-state index < -0.39 is 22.0 Å². The molecule has 2 fully saturated rings. The molecule has 2 heterocycles. The van der Waals surface area contributed by atoms with Gasteiger partial charge in [0.05, 0.1) is 26.4 Å². The van der Waals surface area contributed by atoms with Gasteiger partial charge in [0.2, 0.25) is 10.0 Å². The highest BCUT2D eigenvalue weighted by atomic mass is 32.2. The summed E-state index contributed by atoms with van der Waals surface area (Å²) in [6.45, 7) is 0.648. The van der Waals surface area contributed by atoms with Crippen molar-refractivity contribution in [2.45, 2.75) is 36.6 Å². The highest BCUT2D eigenvalue weighted by molar-refractivity contribution is 7.89. The van der Waals surface area contributed by atoms with Gasteiger partial charge >= 0.3 is 5.97 Å². The number of ketones is 1. The fourth-order valence-electron chi connectivity index (χ4n) is 3.51. The van der Waals surface area contributed by atoms with Crippen LogP contribution >= 0.6 is 11.3 Å². The van der Waals surface area contributed by atoms with Gasteiger partial charge in [-0.3, -0.25) is 4.79 Å². The zero-order valence-corrected chi connectivity index (χ0v) is 15.6. The number of carbonyl (C=O) groups excluding carboxylic acids is 2. The van der Waals surface area contributed by atoms with E-state index in [2.05, 4.69) is 4.74 Å². The van der Waals surface area contributed by atoms with Gasteiger partial charge in [0.25, 0.3) is 0 Å². The maximum Gasteiger partial charge on any atom is 0.349 e. The Morgan fingerprint density at radius 3 is 2.92 bits per heavy atom. The van der Waals surface area contributed by atoms with E-state index in [-0.39, 0.29) is 41.2 Å². The van der Waals surface area contributed by atoms with Gasteiger partial charge in [0.1, 0.15) is 15.6 Å². The molecule has 0 N–H and O–H groups in total. The molecule has 9 heteroatoms. The summed E-state index contributed by atoms with van der Waals surface area (Å²) >= 11 is 1.03. The number of ether oxygens (including phenoxy) is 2. The molecule has 0 bridgehead atoms. The monoisotopic (exact) mass is 387 g/mol. The molecule has 0 radical (unpaired) electrons. The number of hydrogen-bond acceptors (Lipinski definition) is 7. The van der Waals surface area contributed by atoms with Gasteiger partial charge in [-0.25, -0.2) is 13.2 Å². The molecule has 1 saturated carbocycles. The van der Waals surface area contributed by atoms with Crippen molar-refractivity contribution in [3.63, 3.8) is 0 Å². The maximum absolute atomic E-state index is 13.2. The van der Waals surface area contributed by atoms with Crippen LogP contribution in [-0.4, -0.2) is 57.4 Å². The Morgan fingerprint density at radius 1 is 1.40 bits per heavy atom. The normalized spacial score (nSPS) is 25.7. The van der Waals surface area contributed by atoms with Crippen molar-refractivity contribution in [2.75, 3.05) is 26.9 Å². The summed E-state index contributed by atoms with van der Waals surface area (Å²) in [4.78, 5) is 24.2. The van der Waals surface area contributed by atoms with E-state index in [0.717, 1.165) is 24.2 Å². The summed E-state index contributed by atoms with van der Waals surface area (Å²) in [5.41, 5.74) is 0. The summed E-state index contributed by atoms with van der Waals surface area (Å²) < 4.78 is 37.9. The van der Waals surface area contributed by atoms with E-state index in [1.807, 2.05) is 0 Å². The number of hydrogen-bond donors (Lipinski definition) is 0. The maximum atomic E-state index is 13.2. The van der Waals surface area contributed by atoms with E-state index in [9.17, 15) is 18.0 Å². The van der Waals surface area contributed by atoms with Gasteiger partial charge in [0.15, 0.2) is 0 Å². The Kier molecular flexibility index (Phi) is 5.57. The molecule has 0 spiro atoms. The van der Waals surface area contributed by atoms with Crippen LogP contribution in [0.15, 0.2) is 16.3 Å². The molecular weight excluding hydrogens is 366 g/mol. The molecule has 1 saturated heterocycles. The second-order valence-electron chi connectivity index (χ2n) is 6.18. The molecule has 0 unspecified atom stereocenters. The molecule has 0 amide bonds. The van der Waals surface area contributed by atoms with Crippen LogP contribution in [0.5, 0.6) is 0 Å². The van der Waals surface area contributed by atoms with Gasteiger partial charge < -0.3 is 9.47 Å². The number of Topliss-reactive ketones (excluding diaryl/α,β-unsaturated/α-hetero) is 1. The minimum absolute atomic E-state index is 0.0560. The number of esters is 1. The minimum Gasteiger partial charge on any atom is -0.465 e. The average molecular weight is 387 g/mol. The first kappa shape index (κ1) is 18.5. The van der Waals surface area contributed by atoms with Crippen molar-refractivity contribution in [3.8, 4) is 0 Å². The lowest BCUT2D eigenvalue weighted by Crippen LogP contribution is -2.54. The number of methoxy groups -OCH3 is 1. The molecule has 2 atom stereocenters. The largest absolute Gasteiger partial charge is 0.465 e. The average Bonchev–Trinajstić information content (AvgIpc) is 3.12. The Balaban J connectivity index is 1.95. The summed E-state index contributed by atoms with van der Waals surface area (Å²) in [7, 11) is -2.70. The summed E-state index contributed by atoms with van der Waals surface area (Å²) in [5.74, 6) is -0.920. The lowest BCUT2D eigenvalue weighted by atomic mass is 9.82. The van der Waals surface area contributed by atoms with Crippen LogP contribution in [0.4, 0.5) is 0 Å². The predicted octanol–water partition coefficient (Wildman–Crippen LogP) is 1.68. The second-order valence-corrected chi connectivity index (χ2v) is 8.96. The first-order valence-corrected chi connectivity index (χ1v) is 10.6. The molecule has 7 nitrogen and oxygen atoms in total. The Bertz CT molecular complexity index is 756. The Hall–Kier alpha value is -1.29. The third-order valence-corrected chi connectivity index (χ3v) is 7.76. The first-order valence-electron chi connectivity index (χ1n) is 8.25. The second kappa shape index (κ2) is 7.53. The number of morpholine rings is 1. The van der Waals surface area contributed by atoms with Crippen LogP contribution in [0.3, 0.4) is 0 Å². The van der Waals surface area contributed by atoms with Crippen LogP contribution in [0.1, 0.15) is 35.4 Å². The van der Waals surface area contributed by atoms with E-state index in [4.69, 9.17) is 4.74 Å². The molecule has 0 aromatic carbocycles. The van der Waals surface area contributed by atoms with Gasteiger partial charge in [-0.05, 0) is 24.3 Å². The van der Waals surface area contributed by atoms with Crippen LogP contribution in [0.25, 0.3) is 0 Å².